The smallest absolute Gasteiger partial charge is 0.345 e. The zero-order valence-corrected chi connectivity index (χ0v) is 16.9. The molecule has 1 aliphatic heterocycles. The van der Waals surface area contributed by atoms with Crippen molar-refractivity contribution >= 4 is 5.91 Å². The minimum Gasteiger partial charge on any atom is -0.493 e. The van der Waals surface area contributed by atoms with Gasteiger partial charge < -0.3 is 29.3 Å². The van der Waals surface area contributed by atoms with Gasteiger partial charge in [-0.15, -0.1) is 0 Å². The number of ether oxygens (including phenoxy) is 3. The van der Waals surface area contributed by atoms with Gasteiger partial charge in [-0.2, -0.15) is 8.78 Å². The van der Waals surface area contributed by atoms with Crippen molar-refractivity contribution in [2.75, 3.05) is 33.4 Å². The fourth-order valence-corrected chi connectivity index (χ4v) is 3.42. The quantitative estimate of drug-likeness (QED) is 0.606. The first-order valence-corrected chi connectivity index (χ1v) is 9.67. The Labute approximate surface area is 178 Å². The molecule has 1 aromatic carbocycles. The molecule has 0 radical (unpaired) electrons. The highest BCUT2D eigenvalue weighted by molar-refractivity contribution is 5.95. The summed E-state index contributed by atoms with van der Waals surface area (Å²) >= 11 is 0. The minimum atomic E-state index is -2.87. The van der Waals surface area contributed by atoms with Gasteiger partial charge in [-0.25, -0.2) is 0 Å². The van der Waals surface area contributed by atoms with E-state index in [9.17, 15) is 23.8 Å². The summed E-state index contributed by atoms with van der Waals surface area (Å²) in [5.41, 5.74) is -0.884. The first kappa shape index (κ1) is 22.9. The van der Waals surface area contributed by atoms with Gasteiger partial charge in [0.05, 0.1) is 26.0 Å². The number of benzene rings is 1. The van der Waals surface area contributed by atoms with Crippen LogP contribution in [-0.4, -0.2) is 72.1 Å². The first-order valence-electron chi connectivity index (χ1n) is 9.67. The lowest BCUT2D eigenvalue weighted by Crippen LogP contribution is -2.55. The number of halogens is 2. The van der Waals surface area contributed by atoms with Crippen LogP contribution >= 0.6 is 0 Å². The molecule has 31 heavy (non-hydrogen) atoms. The molecule has 0 spiro atoms. The number of likely N-dealkylation sites (tertiary alicyclic amines) is 1. The molecule has 1 aromatic heterocycles. The number of hydrogen-bond donors (Lipinski definition) is 2. The maximum absolute atomic E-state index is 12.9. The molecule has 0 bridgehead atoms. The average Bonchev–Trinajstić information content (AvgIpc) is 2.78. The van der Waals surface area contributed by atoms with E-state index >= 15 is 0 Å². The third-order valence-electron chi connectivity index (χ3n) is 5.10. The number of methoxy groups -OCH3 is 1. The normalized spacial score (nSPS) is 21.2. The summed E-state index contributed by atoms with van der Waals surface area (Å²) in [4.78, 5) is 18.5. The van der Waals surface area contributed by atoms with E-state index in [4.69, 9.17) is 9.47 Å². The van der Waals surface area contributed by atoms with Gasteiger partial charge in [0, 0.05) is 24.7 Å². The van der Waals surface area contributed by atoms with Crippen LogP contribution < -0.4 is 9.47 Å². The van der Waals surface area contributed by atoms with Crippen molar-refractivity contribution in [3.8, 4) is 11.5 Å². The number of aliphatic hydroxyl groups excluding tert-OH is 1. The molecular weight excluding hydrogens is 414 g/mol. The summed E-state index contributed by atoms with van der Waals surface area (Å²) in [5.74, 6) is 0.179. The second-order valence-electron chi connectivity index (χ2n) is 7.00. The number of carbonyl (C=O) groups is 1. The molecule has 2 unspecified atom stereocenters. The summed E-state index contributed by atoms with van der Waals surface area (Å²) in [6.45, 7) is -3.14. The summed E-state index contributed by atoms with van der Waals surface area (Å²) < 4.78 is 38.8. The van der Waals surface area contributed by atoms with Crippen molar-refractivity contribution in [3.05, 3.63) is 53.9 Å². The van der Waals surface area contributed by atoms with Gasteiger partial charge in [0.1, 0.15) is 18.3 Å². The van der Waals surface area contributed by atoms with Crippen molar-refractivity contribution in [3.63, 3.8) is 0 Å². The molecule has 1 aliphatic rings. The first-order chi connectivity index (χ1) is 14.8. The largest absolute Gasteiger partial charge is 0.493 e. The summed E-state index contributed by atoms with van der Waals surface area (Å²) in [5, 5.41) is 21.5. The maximum atomic E-state index is 12.9. The number of hydrogen-bond acceptors (Lipinski definition) is 7. The zero-order valence-electron chi connectivity index (χ0n) is 16.9. The summed E-state index contributed by atoms with van der Waals surface area (Å²) in [6, 6.07) is 9.55. The molecule has 1 fully saturated rings. The molecule has 2 atom stereocenters. The van der Waals surface area contributed by atoms with E-state index < -0.39 is 18.3 Å². The number of alkyl halides is 2. The second kappa shape index (κ2) is 9.99. The molecule has 2 N–H and O–H groups in total. The lowest BCUT2D eigenvalue weighted by Gasteiger charge is -2.41. The molecule has 8 nitrogen and oxygen atoms in total. The van der Waals surface area contributed by atoms with Crippen LogP contribution in [0.1, 0.15) is 22.5 Å². The highest BCUT2D eigenvalue weighted by Gasteiger charge is 2.44. The van der Waals surface area contributed by atoms with Crippen LogP contribution in [0.4, 0.5) is 8.78 Å². The van der Waals surface area contributed by atoms with Crippen LogP contribution in [0.2, 0.25) is 0 Å². The monoisotopic (exact) mass is 438 g/mol. The number of amides is 1. The van der Waals surface area contributed by atoms with Crippen molar-refractivity contribution < 1.29 is 38.0 Å². The highest BCUT2D eigenvalue weighted by atomic mass is 19.3. The van der Waals surface area contributed by atoms with E-state index in [1.165, 1.54) is 36.4 Å². The third kappa shape index (κ3) is 5.27. The Bertz CT molecular complexity index is 885. The number of aromatic nitrogens is 1. The van der Waals surface area contributed by atoms with Crippen LogP contribution in [0, 0.1) is 0 Å². The summed E-state index contributed by atoms with van der Waals surface area (Å²) in [6.07, 6.45) is 0.450. The molecule has 0 saturated carbocycles. The Morgan fingerprint density at radius 3 is 2.74 bits per heavy atom. The molecule has 168 valence electrons. The van der Waals surface area contributed by atoms with Gasteiger partial charge in [-0.1, -0.05) is 6.07 Å². The van der Waals surface area contributed by atoms with E-state index in [0.717, 1.165) is 0 Å². The Morgan fingerprint density at radius 1 is 1.29 bits per heavy atom. The Kier molecular flexibility index (Phi) is 7.37. The molecule has 3 rings (SSSR count). The Hall–Kier alpha value is -2.82. The van der Waals surface area contributed by atoms with E-state index in [1.54, 1.807) is 18.2 Å². The van der Waals surface area contributed by atoms with Crippen molar-refractivity contribution in [1.29, 1.82) is 0 Å². The van der Waals surface area contributed by atoms with E-state index in [2.05, 4.69) is 9.72 Å². The standard InChI is InChI=1S/C21H24F2N2O6/c1-29-16-12-14(5-6-15(16)30-10-11-31-20(22)23)19(27)25-9-7-21(28,18(26)13-25)17-4-2-3-8-24-17/h2-6,8,12,18,20,26,28H,7,9-11,13H2,1H3. The van der Waals surface area contributed by atoms with Gasteiger partial charge in [-0.3, -0.25) is 9.78 Å². The predicted octanol–water partition coefficient (Wildman–Crippen LogP) is 1.80. The molecular formula is C21H24F2N2O6. The van der Waals surface area contributed by atoms with E-state index in [1.807, 2.05) is 0 Å². The van der Waals surface area contributed by atoms with E-state index in [0.29, 0.717) is 11.3 Å². The van der Waals surface area contributed by atoms with Crippen molar-refractivity contribution in [2.24, 2.45) is 0 Å². The number of carbonyl (C=O) groups excluding carboxylic acids is 1. The number of pyridine rings is 1. The number of piperidine rings is 1. The van der Waals surface area contributed by atoms with Crippen LogP contribution in [0.15, 0.2) is 42.6 Å². The minimum absolute atomic E-state index is 0.0720. The Balaban J connectivity index is 1.66. The van der Waals surface area contributed by atoms with Crippen LogP contribution in [0.3, 0.4) is 0 Å². The average molecular weight is 438 g/mol. The Morgan fingerprint density at radius 2 is 2.10 bits per heavy atom. The predicted molar refractivity (Wildman–Crippen MR) is 105 cm³/mol. The number of aliphatic hydroxyl groups is 2. The zero-order chi connectivity index (χ0) is 22.4. The van der Waals surface area contributed by atoms with Gasteiger partial charge in [-0.05, 0) is 30.3 Å². The molecule has 1 saturated heterocycles. The second-order valence-corrected chi connectivity index (χ2v) is 7.00. The van der Waals surface area contributed by atoms with Gasteiger partial charge in [0.2, 0.25) is 0 Å². The molecule has 10 heteroatoms. The van der Waals surface area contributed by atoms with Crippen LogP contribution in [0.5, 0.6) is 11.5 Å². The lowest BCUT2D eigenvalue weighted by atomic mass is 9.85. The van der Waals surface area contributed by atoms with Gasteiger partial charge in [0.25, 0.3) is 5.91 Å². The number of rotatable bonds is 8. The summed E-state index contributed by atoms with van der Waals surface area (Å²) in [7, 11) is 1.39. The molecule has 2 aromatic rings. The highest BCUT2D eigenvalue weighted by Crippen LogP contribution is 2.33. The maximum Gasteiger partial charge on any atom is 0.345 e. The molecule has 2 heterocycles. The SMILES string of the molecule is COc1cc(C(=O)N2CCC(O)(c3ccccn3)C(O)C2)ccc1OCCOC(F)F. The fraction of sp³-hybridized carbons (Fsp3) is 0.429. The van der Waals surface area contributed by atoms with Gasteiger partial charge in [0.15, 0.2) is 11.5 Å². The fourth-order valence-electron chi connectivity index (χ4n) is 3.42. The van der Waals surface area contributed by atoms with Crippen molar-refractivity contribution in [2.45, 2.75) is 24.7 Å². The topological polar surface area (TPSA) is 101 Å². The van der Waals surface area contributed by atoms with Crippen LogP contribution in [0.25, 0.3) is 0 Å². The molecule has 0 aliphatic carbocycles. The van der Waals surface area contributed by atoms with Gasteiger partial charge >= 0.3 is 6.61 Å². The lowest BCUT2D eigenvalue weighted by molar-refractivity contribution is -0.133. The third-order valence-corrected chi connectivity index (χ3v) is 5.10. The molecule has 1 amide bonds. The van der Waals surface area contributed by atoms with Crippen LogP contribution in [-0.2, 0) is 10.3 Å². The van der Waals surface area contributed by atoms with E-state index in [-0.39, 0.29) is 50.1 Å². The number of β-amino-alcohol motifs (C(OH)–C–C–N with tert-alkyl or cyclic N) is 1. The number of nitrogens with zero attached hydrogens (tertiary/aromatic N) is 2. The van der Waals surface area contributed by atoms with Crippen molar-refractivity contribution in [1.82, 2.24) is 9.88 Å².